The summed E-state index contributed by atoms with van der Waals surface area (Å²) in [4.78, 5) is 7.74. The fraction of sp³-hybridized carbons (Fsp3) is 0.308. The summed E-state index contributed by atoms with van der Waals surface area (Å²) in [6.07, 6.45) is 1.82. The highest BCUT2D eigenvalue weighted by Gasteiger charge is 2.10. The molecule has 2 aromatic rings. The lowest BCUT2D eigenvalue weighted by atomic mass is 10.2. The van der Waals surface area contributed by atoms with Gasteiger partial charge < -0.3 is 5.73 Å². The first-order valence-corrected chi connectivity index (χ1v) is 6.51. The van der Waals surface area contributed by atoms with Gasteiger partial charge in [0.15, 0.2) is 0 Å². The lowest BCUT2D eigenvalue weighted by Crippen LogP contribution is -2.28. The fourth-order valence-corrected chi connectivity index (χ4v) is 2.48. The average Bonchev–Trinajstić information content (AvgIpc) is 2.83. The van der Waals surface area contributed by atoms with Crippen molar-refractivity contribution in [2.24, 2.45) is 5.73 Å². The average molecular weight is 247 g/mol. The Morgan fingerprint density at radius 3 is 2.88 bits per heavy atom. The Hall–Kier alpha value is -1.23. The van der Waals surface area contributed by atoms with Gasteiger partial charge in [0.1, 0.15) is 0 Å². The molecular formula is C13H17N3S. The number of likely N-dealkylation sites (N-methyl/N-ethyl adjacent to an activating group) is 1. The third-order valence-corrected chi connectivity index (χ3v) is 3.58. The van der Waals surface area contributed by atoms with Crippen molar-refractivity contribution in [1.82, 2.24) is 9.88 Å². The van der Waals surface area contributed by atoms with Gasteiger partial charge in [0.25, 0.3) is 0 Å². The van der Waals surface area contributed by atoms with E-state index in [0.29, 0.717) is 0 Å². The second-order valence-electron chi connectivity index (χ2n) is 4.14. The van der Waals surface area contributed by atoms with Crippen LogP contribution in [-0.2, 0) is 6.54 Å². The maximum Gasteiger partial charge on any atom is 0.0543 e. The smallest absolute Gasteiger partial charge is 0.0543 e. The lowest BCUT2D eigenvalue weighted by Gasteiger charge is -2.20. The highest BCUT2D eigenvalue weighted by Crippen LogP contribution is 2.17. The van der Waals surface area contributed by atoms with Gasteiger partial charge in [-0.25, -0.2) is 0 Å². The zero-order chi connectivity index (χ0) is 12.1. The van der Waals surface area contributed by atoms with E-state index in [0.717, 1.165) is 18.8 Å². The lowest BCUT2D eigenvalue weighted by molar-refractivity contribution is 0.303. The first-order chi connectivity index (χ1) is 8.25. The molecule has 0 aliphatic rings. The molecule has 0 saturated carbocycles. The Kier molecular flexibility index (Phi) is 4.25. The summed E-state index contributed by atoms with van der Waals surface area (Å²) in [5, 5.41) is 2.06. The standard InChI is InChI=1S/C13H17N3S/c1-16(9-11-5-2-3-7-15-11)10-12(14)13-6-4-8-17-13/h2-8,12H,9-10,14H2,1H3. The SMILES string of the molecule is CN(Cc1ccccn1)CC(N)c1cccs1. The van der Waals surface area contributed by atoms with E-state index in [1.54, 1.807) is 11.3 Å². The summed E-state index contributed by atoms with van der Waals surface area (Å²) in [6.45, 7) is 1.68. The number of rotatable bonds is 5. The predicted octanol–water partition coefficient (Wildman–Crippen LogP) is 2.27. The number of hydrogen-bond acceptors (Lipinski definition) is 4. The van der Waals surface area contributed by atoms with Crippen LogP contribution in [0, 0.1) is 0 Å². The van der Waals surface area contributed by atoms with E-state index in [-0.39, 0.29) is 6.04 Å². The van der Waals surface area contributed by atoms with Crippen molar-refractivity contribution < 1.29 is 0 Å². The van der Waals surface area contributed by atoms with Gasteiger partial charge in [-0.3, -0.25) is 9.88 Å². The minimum atomic E-state index is 0.0868. The molecule has 0 bridgehead atoms. The van der Waals surface area contributed by atoms with Crippen LogP contribution >= 0.6 is 11.3 Å². The Labute approximate surface area is 106 Å². The molecule has 3 nitrogen and oxygen atoms in total. The van der Waals surface area contributed by atoms with E-state index < -0.39 is 0 Å². The molecule has 0 aliphatic carbocycles. The molecule has 90 valence electrons. The van der Waals surface area contributed by atoms with Crippen molar-refractivity contribution in [3.63, 3.8) is 0 Å². The van der Waals surface area contributed by atoms with E-state index in [9.17, 15) is 0 Å². The minimum Gasteiger partial charge on any atom is -0.322 e. The molecule has 1 atom stereocenters. The van der Waals surface area contributed by atoms with Crippen LogP contribution in [0.15, 0.2) is 41.9 Å². The second kappa shape index (κ2) is 5.91. The Morgan fingerprint density at radius 2 is 2.24 bits per heavy atom. The molecule has 1 unspecified atom stereocenters. The van der Waals surface area contributed by atoms with E-state index in [1.807, 2.05) is 30.5 Å². The molecule has 4 heteroatoms. The van der Waals surface area contributed by atoms with Crippen LogP contribution in [0.5, 0.6) is 0 Å². The predicted molar refractivity (Wildman–Crippen MR) is 71.8 cm³/mol. The van der Waals surface area contributed by atoms with Crippen LogP contribution in [0.4, 0.5) is 0 Å². The largest absolute Gasteiger partial charge is 0.322 e. The van der Waals surface area contributed by atoms with Gasteiger partial charge >= 0.3 is 0 Å². The molecule has 0 spiro atoms. The maximum atomic E-state index is 6.14. The molecular weight excluding hydrogens is 230 g/mol. The van der Waals surface area contributed by atoms with Gasteiger partial charge in [-0.05, 0) is 30.6 Å². The fourth-order valence-electron chi connectivity index (χ4n) is 1.76. The third kappa shape index (κ3) is 3.63. The summed E-state index contributed by atoms with van der Waals surface area (Å²) in [7, 11) is 2.07. The molecule has 0 aromatic carbocycles. The topological polar surface area (TPSA) is 42.2 Å². The first-order valence-electron chi connectivity index (χ1n) is 5.63. The zero-order valence-electron chi connectivity index (χ0n) is 9.91. The Morgan fingerprint density at radius 1 is 1.35 bits per heavy atom. The van der Waals surface area contributed by atoms with E-state index >= 15 is 0 Å². The van der Waals surface area contributed by atoms with Crippen molar-refractivity contribution in [2.75, 3.05) is 13.6 Å². The van der Waals surface area contributed by atoms with E-state index in [2.05, 4.69) is 28.4 Å². The quantitative estimate of drug-likeness (QED) is 0.881. The molecule has 17 heavy (non-hydrogen) atoms. The Bertz CT molecular complexity index is 427. The second-order valence-corrected chi connectivity index (χ2v) is 5.12. The molecule has 2 rings (SSSR count). The van der Waals surface area contributed by atoms with E-state index in [1.165, 1.54) is 4.88 Å². The van der Waals surface area contributed by atoms with Crippen molar-refractivity contribution in [2.45, 2.75) is 12.6 Å². The van der Waals surface area contributed by atoms with Crippen LogP contribution < -0.4 is 5.73 Å². The van der Waals surface area contributed by atoms with Crippen molar-refractivity contribution in [1.29, 1.82) is 0 Å². The van der Waals surface area contributed by atoms with Crippen LogP contribution in [0.3, 0.4) is 0 Å². The summed E-state index contributed by atoms with van der Waals surface area (Å²) in [6, 6.07) is 10.2. The van der Waals surface area contributed by atoms with Gasteiger partial charge in [0.05, 0.1) is 11.7 Å². The summed E-state index contributed by atoms with van der Waals surface area (Å²) >= 11 is 1.71. The van der Waals surface area contributed by atoms with Crippen LogP contribution in [0.2, 0.25) is 0 Å². The Balaban J connectivity index is 1.87. The van der Waals surface area contributed by atoms with Gasteiger partial charge in [-0.15, -0.1) is 11.3 Å². The number of hydrogen-bond donors (Lipinski definition) is 1. The molecule has 0 fully saturated rings. The van der Waals surface area contributed by atoms with Crippen molar-refractivity contribution in [3.8, 4) is 0 Å². The van der Waals surface area contributed by atoms with Gasteiger partial charge in [-0.2, -0.15) is 0 Å². The summed E-state index contributed by atoms with van der Waals surface area (Å²) in [5.74, 6) is 0. The minimum absolute atomic E-state index is 0.0868. The van der Waals surface area contributed by atoms with E-state index in [4.69, 9.17) is 5.73 Å². The number of nitrogens with zero attached hydrogens (tertiary/aromatic N) is 2. The van der Waals surface area contributed by atoms with Gasteiger partial charge in [0.2, 0.25) is 0 Å². The normalized spacial score (nSPS) is 12.9. The highest BCUT2D eigenvalue weighted by molar-refractivity contribution is 7.10. The van der Waals surface area contributed by atoms with Gasteiger partial charge in [-0.1, -0.05) is 12.1 Å². The molecule has 0 amide bonds. The molecule has 2 heterocycles. The first kappa shape index (κ1) is 12.2. The number of aromatic nitrogens is 1. The van der Waals surface area contributed by atoms with Crippen molar-refractivity contribution in [3.05, 3.63) is 52.5 Å². The van der Waals surface area contributed by atoms with Crippen LogP contribution in [0.1, 0.15) is 16.6 Å². The number of nitrogens with two attached hydrogens (primary N) is 1. The summed E-state index contributed by atoms with van der Waals surface area (Å²) < 4.78 is 0. The number of thiophene rings is 1. The molecule has 2 N–H and O–H groups in total. The maximum absolute atomic E-state index is 6.14. The number of pyridine rings is 1. The molecule has 0 radical (unpaired) electrons. The third-order valence-electron chi connectivity index (χ3n) is 2.58. The van der Waals surface area contributed by atoms with Gasteiger partial charge in [0, 0.05) is 24.2 Å². The van der Waals surface area contributed by atoms with Crippen LogP contribution in [-0.4, -0.2) is 23.5 Å². The zero-order valence-corrected chi connectivity index (χ0v) is 10.7. The van der Waals surface area contributed by atoms with Crippen molar-refractivity contribution >= 4 is 11.3 Å². The molecule has 0 aliphatic heterocycles. The highest BCUT2D eigenvalue weighted by atomic mass is 32.1. The van der Waals surface area contributed by atoms with Crippen LogP contribution in [0.25, 0.3) is 0 Å². The molecule has 0 saturated heterocycles. The molecule has 2 aromatic heterocycles. The monoisotopic (exact) mass is 247 g/mol. The summed E-state index contributed by atoms with van der Waals surface area (Å²) in [5.41, 5.74) is 7.22.